The fourth-order valence-electron chi connectivity index (χ4n) is 1.82. The van der Waals surface area contributed by atoms with Crippen LogP contribution in [0.1, 0.15) is 5.56 Å². The van der Waals surface area contributed by atoms with E-state index in [2.05, 4.69) is 10.1 Å². The Morgan fingerprint density at radius 1 is 1.12 bits per heavy atom. The largest absolute Gasteiger partial charge is 0.508 e. The zero-order valence-corrected chi connectivity index (χ0v) is 13.0. The van der Waals surface area contributed by atoms with Gasteiger partial charge < -0.3 is 19.3 Å². The first-order valence-electron chi connectivity index (χ1n) is 7.08. The van der Waals surface area contributed by atoms with E-state index >= 15 is 0 Å². The Kier molecular flexibility index (Phi) is 6.01. The van der Waals surface area contributed by atoms with Gasteiger partial charge in [0, 0.05) is 18.2 Å². The number of phenols is 1. The van der Waals surface area contributed by atoms with Crippen molar-refractivity contribution in [1.29, 1.82) is 0 Å². The SMILES string of the molecule is COC(=O)COc1cc(O)cc(NC(=O)OCc2ccccc2)c1. The van der Waals surface area contributed by atoms with E-state index in [1.54, 1.807) is 0 Å². The van der Waals surface area contributed by atoms with Gasteiger partial charge in [-0.3, -0.25) is 5.32 Å². The van der Waals surface area contributed by atoms with Crippen LogP contribution >= 0.6 is 0 Å². The molecule has 0 spiro atoms. The Balaban J connectivity index is 1.92. The lowest BCUT2D eigenvalue weighted by Gasteiger charge is -2.10. The number of carbonyl (C=O) groups excluding carboxylic acids is 2. The lowest BCUT2D eigenvalue weighted by atomic mass is 10.2. The highest BCUT2D eigenvalue weighted by atomic mass is 16.6. The molecule has 0 bridgehead atoms. The van der Waals surface area contributed by atoms with Crippen LogP contribution in [0.3, 0.4) is 0 Å². The standard InChI is InChI=1S/C17H17NO6/c1-22-16(20)11-23-15-8-13(7-14(19)9-15)18-17(21)24-10-12-5-3-2-4-6-12/h2-9,19H,10-11H2,1H3,(H,18,21). The maximum absolute atomic E-state index is 11.8. The first kappa shape index (κ1) is 17.1. The molecule has 0 saturated carbocycles. The molecule has 2 N–H and O–H groups in total. The zero-order valence-electron chi connectivity index (χ0n) is 13.0. The minimum absolute atomic E-state index is 0.122. The number of nitrogens with one attached hydrogen (secondary N) is 1. The lowest BCUT2D eigenvalue weighted by molar-refractivity contribution is -0.142. The molecular formula is C17H17NO6. The normalized spacial score (nSPS) is 9.88. The van der Waals surface area contributed by atoms with Gasteiger partial charge in [0.2, 0.25) is 0 Å². The van der Waals surface area contributed by atoms with Crippen LogP contribution in [0.4, 0.5) is 10.5 Å². The first-order chi connectivity index (χ1) is 11.6. The van der Waals surface area contributed by atoms with Crippen molar-refractivity contribution in [2.75, 3.05) is 19.0 Å². The quantitative estimate of drug-likeness (QED) is 0.790. The van der Waals surface area contributed by atoms with E-state index in [1.165, 1.54) is 25.3 Å². The summed E-state index contributed by atoms with van der Waals surface area (Å²) in [5, 5.41) is 12.1. The summed E-state index contributed by atoms with van der Waals surface area (Å²) in [4.78, 5) is 22.8. The van der Waals surface area contributed by atoms with E-state index in [1.807, 2.05) is 30.3 Å². The molecule has 126 valence electrons. The molecule has 2 aromatic rings. The van der Waals surface area contributed by atoms with Gasteiger partial charge in [0.15, 0.2) is 6.61 Å². The second kappa shape index (κ2) is 8.42. The van der Waals surface area contributed by atoms with Crippen molar-refractivity contribution in [3.8, 4) is 11.5 Å². The molecule has 0 aliphatic heterocycles. The Bertz CT molecular complexity index is 701. The summed E-state index contributed by atoms with van der Waals surface area (Å²) in [5.41, 5.74) is 1.12. The topological polar surface area (TPSA) is 94.1 Å². The van der Waals surface area contributed by atoms with Crippen LogP contribution in [0.15, 0.2) is 48.5 Å². The Morgan fingerprint density at radius 3 is 2.58 bits per heavy atom. The molecule has 0 aromatic heterocycles. The van der Waals surface area contributed by atoms with Crippen molar-refractivity contribution in [2.24, 2.45) is 0 Å². The molecule has 0 heterocycles. The third-order valence-corrected chi connectivity index (χ3v) is 2.93. The molecule has 0 aliphatic rings. The minimum Gasteiger partial charge on any atom is -0.508 e. The average Bonchev–Trinajstić information content (AvgIpc) is 2.58. The monoisotopic (exact) mass is 331 g/mol. The van der Waals surface area contributed by atoms with Crippen molar-refractivity contribution in [1.82, 2.24) is 0 Å². The van der Waals surface area contributed by atoms with Crippen LogP contribution in [0.2, 0.25) is 0 Å². The summed E-state index contributed by atoms with van der Waals surface area (Å²) in [5.74, 6) is -0.482. The second-order valence-electron chi connectivity index (χ2n) is 4.77. The van der Waals surface area contributed by atoms with Gasteiger partial charge in [-0.05, 0) is 5.56 Å². The number of hydrogen-bond donors (Lipinski definition) is 2. The highest BCUT2D eigenvalue weighted by molar-refractivity contribution is 5.85. The minimum atomic E-state index is -0.677. The van der Waals surface area contributed by atoms with Crippen molar-refractivity contribution in [3.05, 3.63) is 54.1 Å². The zero-order chi connectivity index (χ0) is 17.4. The van der Waals surface area contributed by atoms with E-state index in [4.69, 9.17) is 9.47 Å². The smallest absolute Gasteiger partial charge is 0.411 e. The number of methoxy groups -OCH3 is 1. The number of phenolic OH excluding ortho intramolecular Hbond substituents is 1. The third kappa shape index (κ3) is 5.53. The van der Waals surface area contributed by atoms with Crippen molar-refractivity contribution >= 4 is 17.7 Å². The summed E-state index contributed by atoms with van der Waals surface area (Å²) < 4.78 is 14.7. The first-order valence-corrected chi connectivity index (χ1v) is 7.08. The maximum atomic E-state index is 11.8. The fraction of sp³-hybridized carbons (Fsp3) is 0.176. The van der Waals surface area contributed by atoms with Crippen LogP contribution in [0.5, 0.6) is 11.5 Å². The number of rotatable bonds is 6. The number of carbonyl (C=O) groups is 2. The summed E-state index contributed by atoms with van der Waals surface area (Å²) in [6.07, 6.45) is -0.677. The highest BCUT2D eigenvalue weighted by Gasteiger charge is 2.08. The van der Waals surface area contributed by atoms with Gasteiger partial charge in [0.25, 0.3) is 0 Å². The summed E-state index contributed by atoms with van der Waals surface area (Å²) in [6.45, 7) is -0.185. The molecule has 2 rings (SSSR count). The highest BCUT2D eigenvalue weighted by Crippen LogP contribution is 2.25. The molecule has 0 atom stereocenters. The predicted molar refractivity (Wildman–Crippen MR) is 85.9 cm³/mol. The molecule has 24 heavy (non-hydrogen) atoms. The van der Waals surface area contributed by atoms with Gasteiger partial charge >= 0.3 is 12.1 Å². The van der Waals surface area contributed by atoms with E-state index in [0.29, 0.717) is 0 Å². The van der Waals surface area contributed by atoms with Crippen molar-refractivity contribution < 1.29 is 28.9 Å². The maximum Gasteiger partial charge on any atom is 0.411 e. The molecule has 0 saturated heterocycles. The van der Waals surface area contributed by atoms with Gasteiger partial charge in [-0.1, -0.05) is 30.3 Å². The van der Waals surface area contributed by atoms with Crippen molar-refractivity contribution in [2.45, 2.75) is 6.61 Å². The number of esters is 1. The van der Waals surface area contributed by atoms with Crippen LogP contribution in [0, 0.1) is 0 Å². The number of amides is 1. The Morgan fingerprint density at radius 2 is 1.88 bits per heavy atom. The molecule has 7 heteroatoms. The van der Waals surface area contributed by atoms with Crippen LogP contribution < -0.4 is 10.1 Å². The van der Waals surface area contributed by atoms with Gasteiger partial charge in [0.05, 0.1) is 12.8 Å². The van der Waals surface area contributed by atoms with Crippen LogP contribution in [-0.4, -0.2) is 30.9 Å². The molecular weight excluding hydrogens is 314 g/mol. The predicted octanol–water partition coefficient (Wildman–Crippen LogP) is 2.69. The van der Waals surface area contributed by atoms with E-state index < -0.39 is 12.1 Å². The van der Waals surface area contributed by atoms with E-state index in [0.717, 1.165) is 5.56 Å². The van der Waals surface area contributed by atoms with E-state index in [9.17, 15) is 14.7 Å². The molecule has 2 aromatic carbocycles. The lowest BCUT2D eigenvalue weighted by Crippen LogP contribution is -2.14. The molecule has 0 radical (unpaired) electrons. The van der Waals surface area contributed by atoms with Gasteiger partial charge in [-0.25, -0.2) is 9.59 Å². The Hall–Kier alpha value is -3.22. The number of benzene rings is 2. The molecule has 0 aliphatic carbocycles. The summed E-state index contributed by atoms with van der Waals surface area (Å²) in [6, 6.07) is 13.3. The second-order valence-corrected chi connectivity index (χ2v) is 4.77. The van der Waals surface area contributed by atoms with E-state index in [-0.39, 0.29) is 30.4 Å². The fourth-order valence-corrected chi connectivity index (χ4v) is 1.82. The third-order valence-electron chi connectivity index (χ3n) is 2.93. The van der Waals surface area contributed by atoms with Gasteiger partial charge in [-0.2, -0.15) is 0 Å². The van der Waals surface area contributed by atoms with Crippen LogP contribution in [0.25, 0.3) is 0 Å². The van der Waals surface area contributed by atoms with Gasteiger partial charge in [0.1, 0.15) is 18.1 Å². The van der Waals surface area contributed by atoms with Gasteiger partial charge in [-0.15, -0.1) is 0 Å². The number of aromatic hydroxyl groups is 1. The molecule has 1 amide bonds. The molecule has 7 nitrogen and oxygen atoms in total. The summed E-state index contributed by atoms with van der Waals surface area (Å²) >= 11 is 0. The molecule has 0 fully saturated rings. The number of hydrogen-bond acceptors (Lipinski definition) is 6. The Labute approximate surface area is 138 Å². The van der Waals surface area contributed by atoms with Crippen molar-refractivity contribution in [3.63, 3.8) is 0 Å². The average molecular weight is 331 g/mol. The summed E-state index contributed by atoms with van der Waals surface area (Å²) in [7, 11) is 1.24. The number of anilines is 1. The molecule has 0 unspecified atom stereocenters. The number of ether oxygens (including phenoxy) is 3. The van der Waals surface area contributed by atoms with Crippen LogP contribution in [-0.2, 0) is 20.9 Å².